The number of hydrogen-bond acceptors (Lipinski definition) is 3. The van der Waals surface area contributed by atoms with Gasteiger partial charge in [-0.2, -0.15) is 0 Å². The van der Waals surface area contributed by atoms with E-state index in [2.05, 4.69) is 51.4 Å². The predicted molar refractivity (Wildman–Crippen MR) is 85.6 cm³/mol. The van der Waals surface area contributed by atoms with Crippen LogP contribution in [-0.2, 0) is 6.54 Å². The molecule has 19 heavy (non-hydrogen) atoms. The van der Waals surface area contributed by atoms with E-state index in [4.69, 9.17) is 0 Å². The molecule has 2 nitrogen and oxygen atoms in total. The van der Waals surface area contributed by atoms with Crippen LogP contribution in [0.15, 0.2) is 15.9 Å². The van der Waals surface area contributed by atoms with Gasteiger partial charge in [0.1, 0.15) is 0 Å². The van der Waals surface area contributed by atoms with Crippen molar-refractivity contribution < 1.29 is 0 Å². The molecule has 1 aliphatic carbocycles. The first kappa shape index (κ1) is 14.1. The number of nitrogens with one attached hydrogen (secondary N) is 1. The molecule has 1 saturated heterocycles. The zero-order valence-corrected chi connectivity index (χ0v) is 14.2. The Morgan fingerprint density at radius 3 is 2.89 bits per heavy atom. The van der Waals surface area contributed by atoms with Crippen LogP contribution in [0, 0.1) is 5.92 Å². The molecule has 0 amide bonds. The van der Waals surface area contributed by atoms with Gasteiger partial charge in [0.2, 0.25) is 0 Å². The summed E-state index contributed by atoms with van der Waals surface area (Å²) in [5.41, 5.74) is 0.363. The zero-order valence-electron chi connectivity index (χ0n) is 11.8. The first-order valence-electron chi connectivity index (χ1n) is 7.33. The highest BCUT2D eigenvalue weighted by molar-refractivity contribution is 9.10. The lowest BCUT2D eigenvalue weighted by Crippen LogP contribution is -2.63. The fourth-order valence-electron chi connectivity index (χ4n) is 3.25. The van der Waals surface area contributed by atoms with Crippen LogP contribution in [0.2, 0.25) is 0 Å². The molecule has 2 unspecified atom stereocenters. The Bertz CT molecular complexity index is 443. The second kappa shape index (κ2) is 5.47. The van der Waals surface area contributed by atoms with Crippen molar-refractivity contribution in [3.63, 3.8) is 0 Å². The third-order valence-corrected chi connectivity index (χ3v) is 6.51. The molecule has 2 heterocycles. The maximum Gasteiger partial charge on any atom is 0.0338 e. The van der Waals surface area contributed by atoms with Gasteiger partial charge in [-0.15, -0.1) is 11.3 Å². The highest BCUT2D eigenvalue weighted by atomic mass is 79.9. The Kier molecular flexibility index (Phi) is 4.05. The molecule has 2 atom stereocenters. The standard InChI is InChI=1S/C15H23BrN2S/c1-3-13-7-18(8-14-6-12(16)9-19-14)15(2,10-17-13)11-4-5-11/h6,9,11,13,17H,3-5,7-8,10H2,1-2H3. The van der Waals surface area contributed by atoms with Crippen molar-refractivity contribution in [2.75, 3.05) is 13.1 Å². The molecule has 2 aliphatic rings. The second-order valence-corrected chi connectivity index (χ2v) is 8.14. The fraction of sp³-hybridized carbons (Fsp3) is 0.733. The van der Waals surface area contributed by atoms with Gasteiger partial charge in [0, 0.05) is 45.9 Å². The van der Waals surface area contributed by atoms with E-state index in [0.717, 1.165) is 19.0 Å². The molecular weight excluding hydrogens is 320 g/mol. The summed E-state index contributed by atoms with van der Waals surface area (Å²) < 4.78 is 1.22. The summed E-state index contributed by atoms with van der Waals surface area (Å²) in [4.78, 5) is 4.23. The van der Waals surface area contributed by atoms with Crippen LogP contribution in [0.1, 0.15) is 38.0 Å². The summed E-state index contributed by atoms with van der Waals surface area (Å²) in [5, 5.41) is 5.95. The summed E-state index contributed by atoms with van der Waals surface area (Å²) in [7, 11) is 0. The lowest BCUT2D eigenvalue weighted by molar-refractivity contribution is 0.0279. The van der Waals surface area contributed by atoms with Gasteiger partial charge in [0.15, 0.2) is 0 Å². The minimum Gasteiger partial charge on any atom is -0.311 e. The van der Waals surface area contributed by atoms with Gasteiger partial charge < -0.3 is 5.32 Å². The van der Waals surface area contributed by atoms with Crippen molar-refractivity contribution in [2.24, 2.45) is 5.92 Å². The zero-order chi connectivity index (χ0) is 13.5. The number of thiophene rings is 1. The average Bonchev–Trinajstić information content (AvgIpc) is 3.17. The lowest BCUT2D eigenvalue weighted by Gasteiger charge is -2.48. The van der Waals surface area contributed by atoms with E-state index < -0.39 is 0 Å². The van der Waals surface area contributed by atoms with E-state index >= 15 is 0 Å². The van der Waals surface area contributed by atoms with Crippen LogP contribution in [-0.4, -0.2) is 29.6 Å². The molecule has 1 aromatic heterocycles. The van der Waals surface area contributed by atoms with Gasteiger partial charge in [-0.3, -0.25) is 4.90 Å². The van der Waals surface area contributed by atoms with E-state index in [1.165, 1.54) is 35.2 Å². The van der Waals surface area contributed by atoms with Crippen molar-refractivity contribution in [3.05, 3.63) is 20.8 Å². The van der Waals surface area contributed by atoms with Gasteiger partial charge in [0.05, 0.1) is 0 Å². The number of rotatable bonds is 4. The highest BCUT2D eigenvalue weighted by Gasteiger charge is 2.47. The summed E-state index contributed by atoms with van der Waals surface area (Å²) >= 11 is 5.45. The Hall–Kier alpha value is 0.1000. The number of piperazine rings is 1. The molecule has 0 aromatic carbocycles. The van der Waals surface area contributed by atoms with Gasteiger partial charge in [-0.25, -0.2) is 0 Å². The SMILES string of the molecule is CCC1CN(Cc2cc(Br)cs2)C(C)(C2CC2)CN1. The van der Waals surface area contributed by atoms with E-state index in [9.17, 15) is 0 Å². The second-order valence-electron chi connectivity index (χ2n) is 6.23. The van der Waals surface area contributed by atoms with Crippen LogP contribution in [0.5, 0.6) is 0 Å². The van der Waals surface area contributed by atoms with Crippen molar-refractivity contribution in [2.45, 2.75) is 51.2 Å². The maximum absolute atomic E-state index is 3.75. The van der Waals surface area contributed by atoms with E-state index in [1.54, 1.807) is 0 Å². The van der Waals surface area contributed by atoms with E-state index in [-0.39, 0.29) is 0 Å². The largest absolute Gasteiger partial charge is 0.311 e. The summed E-state index contributed by atoms with van der Waals surface area (Å²) in [6, 6.07) is 2.94. The predicted octanol–water partition coefficient (Wildman–Crippen LogP) is 3.86. The van der Waals surface area contributed by atoms with Crippen LogP contribution in [0.25, 0.3) is 0 Å². The molecule has 1 saturated carbocycles. The quantitative estimate of drug-likeness (QED) is 0.893. The average molecular weight is 343 g/mol. The third kappa shape index (κ3) is 2.92. The molecular formula is C15H23BrN2S. The molecule has 3 rings (SSSR count). The highest BCUT2D eigenvalue weighted by Crippen LogP contribution is 2.44. The summed E-state index contributed by atoms with van der Waals surface area (Å²) in [6.07, 6.45) is 4.06. The number of halogens is 1. The van der Waals surface area contributed by atoms with E-state index in [0.29, 0.717) is 11.6 Å². The van der Waals surface area contributed by atoms with Crippen molar-refractivity contribution >= 4 is 27.3 Å². The van der Waals surface area contributed by atoms with Crippen LogP contribution >= 0.6 is 27.3 Å². The maximum atomic E-state index is 3.75. The minimum atomic E-state index is 0.363. The lowest BCUT2D eigenvalue weighted by atomic mass is 9.89. The molecule has 4 heteroatoms. The number of nitrogens with zero attached hydrogens (tertiary/aromatic N) is 1. The smallest absolute Gasteiger partial charge is 0.0338 e. The fourth-order valence-corrected chi connectivity index (χ4v) is 4.72. The third-order valence-electron chi connectivity index (χ3n) is 4.83. The van der Waals surface area contributed by atoms with Gasteiger partial charge >= 0.3 is 0 Å². The summed E-state index contributed by atoms with van der Waals surface area (Å²) in [6.45, 7) is 8.22. The van der Waals surface area contributed by atoms with Crippen molar-refractivity contribution in [3.8, 4) is 0 Å². The van der Waals surface area contributed by atoms with Crippen LogP contribution in [0.4, 0.5) is 0 Å². The van der Waals surface area contributed by atoms with Gasteiger partial charge in [0.25, 0.3) is 0 Å². The molecule has 0 bridgehead atoms. The minimum absolute atomic E-state index is 0.363. The van der Waals surface area contributed by atoms with Gasteiger partial charge in [-0.1, -0.05) is 6.92 Å². The Labute approximate surface area is 128 Å². The number of hydrogen-bond donors (Lipinski definition) is 1. The Balaban J connectivity index is 1.76. The normalized spacial score (nSPS) is 32.7. The first-order valence-corrected chi connectivity index (χ1v) is 9.00. The molecule has 2 fully saturated rings. The molecule has 1 aromatic rings. The molecule has 106 valence electrons. The molecule has 1 aliphatic heterocycles. The Morgan fingerprint density at radius 1 is 1.53 bits per heavy atom. The molecule has 1 N–H and O–H groups in total. The molecule has 0 radical (unpaired) electrons. The molecule has 0 spiro atoms. The van der Waals surface area contributed by atoms with Crippen molar-refractivity contribution in [1.82, 2.24) is 10.2 Å². The van der Waals surface area contributed by atoms with Crippen LogP contribution in [0.3, 0.4) is 0 Å². The first-order chi connectivity index (χ1) is 9.11. The van der Waals surface area contributed by atoms with E-state index in [1.807, 2.05) is 11.3 Å². The van der Waals surface area contributed by atoms with Gasteiger partial charge in [-0.05, 0) is 54.1 Å². The topological polar surface area (TPSA) is 15.3 Å². The Morgan fingerprint density at radius 2 is 2.32 bits per heavy atom. The summed E-state index contributed by atoms with van der Waals surface area (Å²) in [5.74, 6) is 0.904. The van der Waals surface area contributed by atoms with Crippen LogP contribution < -0.4 is 5.32 Å². The van der Waals surface area contributed by atoms with Crippen molar-refractivity contribution in [1.29, 1.82) is 0 Å². The monoisotopic (exact) mass is 342 g/mol.